The zero-order valence-electron chi connectivity index (χ0n) is 9.51. The molecule has 0 saturated carbocycles. The van der Waals surface area contributed by atoms with Crippen molar-refractivity contribution in [1.82, 2.24) is 5.32 Å². The molecule has 18 heavy (non-hydrogen) atoms. The lowest BCUT2D eigenvalue weighted by molar-refractivity contribution is -0.116. The molecule has 1 aliphatic heterocycles. The van der Waals surface area contributed by atoms with Gasteiger partial charge in [0.1, 0.15) is 5.75 Å². The number of nitrogens with zero attached hydrogens (tertiary/aromatic N) is 2. The van der Waals surface area contributed by atoms with Crippen molar-refractivity contribution in [3.63, 3.8) is 0 Å². The van der Waals surface area contributed by atoms with Crippen LogP contribution in [-0.2, 0) is 4.79 Å². The quantitative estimate of drug-likeness (QED) is 0.682. The summed E-state index contributed by atoms with van der Waals surface area (Å²) in [5, 5.41) is 11.0. The molecule has 1 heterocycles. The third-order valence-electron chi connectivity index (χ3n) is 2.14. The van der Waals surface area contributed by atoms with Gasteiger partial charge in [-0.15, -0.1) is 5.10 Å². The zero-order valence-corrected chi connectivity index (χ0v) is 11.9. The summed E-state index contributed by atoms with van der Waals surface area (Å²) in [7, 11) is 1.61. The van der Waals surface area contributed by atoms with Gasteiger partial charge in [-0.3, -0.25) is 4.79 Å². The first-order chi connectivity index (χ1) is 8.69. The molecule has 0 aromatic heterocycles. The number of carbonyl (C=O) groups excluding carboxylic acids is 1. The molecule has 2 rings (SSSR count). The van der Waals surface area contributed by atoms with E-state index in [4.69, 9.17) is 4.74 Å². The molecule has 7 heteroatoms. The minimum atomic E-state index is -0.0421. The first-order valence-electron chi connectivity index (χ1n) is 5.06. The molecular weight excluding hydrogens is 318 g/mol. The fourth-order valence-electron chi connectivity index (χ4n) is 1.26. The van der Waals surface area contributed by atoms with Crippen LogP contribution in [0.25, 0.3) is 0 Å². The molecule has 1 fully saturated rings. The molecule has 1 aliphatic rings. The summed E-state index contributed by atoms with van der Waals surface area (Å²) in [5.74, 6) is 1.13. The highest BCUT2D eigenvalue weighted by Crippen LogP contribution is 2.21. The third-order valence-corrected chi connectivity index (χ3v) is 3.69. The molecule has 1 aromatic rings. The second-order valence-electron chi connectivity index (χ2n) is 3.37. The van der Waals surface area contributed by atoms with Gasteiger partial charge in [-0.05, 0) is 34.1 Å². The number of halogens is 1. The normalized spacial score (nSPS) is 17.4. The van der Waals surface area contributed by atoms with Crippen molar-refractivity contribution in [2.75, 3.05) is 12.9 Å². The fourth-order valence-corrected chi connectivity index (χ4v) is 2.35. The van der Waals surface area contributed by atoms with Gasteiger partial charge in [0, 0.05) is 10.0 Å². The van der Waals surface area contributed by atoms with E-state index in [0.717, 1.165) is 15.8 Å². The van der Waals surface area contributed by atoms with Crippen LogP contribution in [0.1, 0.15) is 5.56 Å². The number of amidine groups is 1. The van der Waals surface area contributed by atoms with Crippen molar-refractivity contribution in [2.24, 2.45) is 10.2 Å². The van der Waals surface area contributed by atoms with Crippen LogP contribution in [0, 0.1) is 0 Å². The Kier molecular flexibility index (Phi) is 4.38. The van der Waals surface area contributed by atoms with Gasteiger partial charge in [0.05, 0.1) is 19.1 Å². The first-order valence-corrected chi connectivity index (χ1v) is 6.84. The van der Waals surface area contributed by atoms with E-state index in [9.17, 15) is 4.79 Å². The van der Waals surface area contributed by atoms with Crippen LogP contribution in [0.15, 0.2) is 32.9 Å². The van der Waals surface area contributed by atoms with E-state index in [2.05, 4.69) is 31.4 Å². The Morgan fingerprint density at radius 2 is 2.39 bits per heavy atom. The fraction of sp³-hybridized carbons (Fsp3) is 0.182. The highest BCUT2D eigenvalue weighted by Gasteiger charge is 2.15. The molecule has 0 aliphatic carbocycles. The Hall–Kier alpha value is -1.34. The standard InChI is InChI=1S/C11H10BrN3O2S/c1-17-8-3-2-7(9(12)4-8)5-13-15-11-14-10(16)6-18-11/h2-5H,6H2,1H3,(H,14,15,16). The summed E-state index contributed by atoms with van der Waals surface area (Å²) in [6.45, 7) is 0. The summed E-state index contributed by atoms with van der Waals surface area (Å²) in [6.07, 6.45) is 1.61. The molecule has 0 atom stereocenters. The Balaban J connectivity index is 2.07. The molecule has 0 unspecified atom stereocenters. The molecule has 1 amide bonds. The monoisotopic (exact) mass is 327 g/mol. The predicted octanol–water partition coefficient (Wildman–Crippen LogP) is 2.01. The number of hydrogen-bond donors (Lipinski definition) is 1. The van der Waals surface area contributed by atoms with E-state index in [-0.39, 0.29) is 5.91 Å². The van der Waals surface area contributed by atoms with Gasteiger partial charge >= 0.3 is 0 Å². The summed E-state index contributed by atoms with van der Waals surface area (Å²) in [4.78, 5) is 10.9. The highest BCUT2D eigenvalue weighted by molar-refractivity contribution is 9.10. The van der Waals surface area contributed by atoms with Gasteiger partial charge in [-0.25, -0.2) is 0 Å². The maximum Gasteiger partial charge on any atom is 0.236 e. The average Bonchev–Trinajstić information content (AvgIpc) is 2.77. The SMILES string of the molecule is COc1ccc(C=NN=C2NC(=O)CS2)c(Br)c1. The van der Waals surface area contributed by atoms with Crippen molar-refractivity contribution in [1.29, 1.82) is 0 Å². The smallest absolute Gasteiger partial charge is 0.236 e. The van der Waals surface area contributed by atoms with Crippen LogP contribution in [0.4, 0.5) is 0 Å². The largest absolute Gasteiger partial charge is 0.497 e. The first kappa shape index (κ1) is 13.1. The molecular formula is C11H10BrN3O2S. The molecule has 1 saturated heterocycles. The number of thioether (sulfide) groups is 1. The molecule has 1 aromatic carbocycles. The Morgan fingerprint density at radius 1 is 1.56 bits per heavy atom. The van der Waals surface area contributed by atoms with Crippen molar-refractivity contribution in [2.45, 2.75) is 0 Å². The average molecular weight is 328 g/mol. The van der Waals surface area contributed by atoms with E-state index >= 15 is 0 Å². The number of rotatable bonds is 3. The summed E-state index contributed by atoms with van der Waals surface area (Å²) < 4.78 is 5.96. The number of benzene rings is 1. The lowest BCUT2D eigenvalue weighted by Gasteiger charge is -2.01. The molecule has 5 nitrogen and oxygen atoms in total. The van der Waals surface area contributed by atoms with Gasteiger partial charge in [0.2, 0.25) is 5.91 Å². The summed E-state index contributed by atoms with van der Waals surface area (Å²) in [5.41, 5.74) is 0.884. The maximum absolute atomic E-state index is 10.9. The molecule has 94 valence electrons. The number of methoxy groups -OCH3 is 1. The van der Waals surface area contributed by atoms with Crippen LogP contribution in [-0.4, -0.2) is 30.2 Å². The maximum atomic E-state index is 10.9. The van der Waals surface area contributed by atoms with E-state index in [1.165, 1.54) is 11.8 Å². The molecule has 0 spiro atoms. The number of ether oxygens (including phenoxy) is 1. The van der Waals surface area contributed by atoms with Crippen LogP contribution in [0.3, 0.4) is 0 Å². The number of carbonyl (C=O) groups is 1. The molecule has 0 bridgehead atoms. The Labute approximate surface area is 117 Å². The lowest BCUT2D eigenvalue weighted by atomic mass is 10.2. The van der Waals surface area contributed by atoms with E-state index in [1.807, 2.05) is 18.2 Å². The number of nitrogens with one attached hydrogen (secondary N) is 1. The summed E-state index contributed by atoms with van der Waals surface area (Å²) in [6, 6.07) is 5.55. The third kappa shape index (κ3) is 3.33. The number of amides is 1. The predicted molar refractivity (Wildman–Crippen MR) is 76.3 cm³/mol. The van der Waals surface area contributed by atoms with Gasteiger partial charge in [-0.2, -0.15) is 5.10 Å². The van der Waals surface area contributed by atoms with Crippen molar-refractivity contribution >= 4 is 45.0 Å². The van der Waals surface area contributed by atoms with E-state index in [0.29, 0.717) is 10.9 Å². The minimum Gasteiger partial charge on any atom is -0.497 e. The topological polar surface area (TPSA) is 63.1 Å². The second kappa shape index (κ2) is 6.01. The van der Waals surface area contributed by atoms with Crippen LogP contribution < -0.4 is 10.1 Å². The Morgan fingerprint density at radius 3 is 3.00 bits per heavy atom. The van der Waals surface area contributed by atoms with Gasteiger partial charge in [0.15, 0.2) is 5.17 Å². The summed E-state index contributed by atoms with van der Waals surface area (Å²) >= 11 is 4.76. The minimum absolute atomic E-state index is 0.0421. The zero-order chi connectivity index (χ0) is 13.0. The van der Waals surface area contributed by atoms with Gasteiger partial charge in [0.25, 0.3) is 0 Å². The van der Waals surface area contributed by atoms with Crippen LogP contribution >= 0.6 is 27.7 Å². The van der Waals surface area contributed by atoms with Crippen molar-refractivity contribution in [3.8, 4) is 5.75 Å². The van der Waals surface area contributed by atoms with Gasteiger partial charge in [-0.1, -0.05) is 11.8 Å². The van der Waals surface area contributed by atoms with E-state index in [1.54, 1.807) is 13.3 Å². The number of hydrogen-bond acceptors (Lipinski definition) is 5. The highest BCUT2D eigenvalue weighted by atomic mass is 79.9. The lowest BCUT2D eigenvalue weighted by Crippen LogP contribution is -2.19. The van der Waals surface area contributed by atoms with Crippen LogP contribution in [0.2, 0.25) is 0 Å². The van der Waals surface area contributed by atoms with Crippen molar-refractivity contribution < 1.29 is 9.53 Å². The molecule has 0 radical (unpaired) electrons. The van der Waals surface area contributed by atoms with Gasteiger partial charge < -0.3 is 10.1 Å². The second-order valence-corrected chi connectivity index (χ2v) is 5.19. The van der Waals surface area contributed by atoms with Crippen molar-refractivity contribution in [3.05, 3.63) is 28.2 Å². The van der Waals surface area contributed by atoms with Crippen LogP contribution in [0.5, 0.6) is 5.75 Å². The molecule has 1 N–H and O–H groups in total. The Bertz CT molecular complexity index is 531. The van der Waals surface area contributed by atoms with E-state index < -0.39 is 0 Å².